The number of aryl methyl sites for hydroxylation is 2. The highest BCUT2D eigenvalue weighted by molar-refractivity contribution is 6.09. The van der Waals surface area contributed by atoms with Crippen LogP contribution in [0, 0.1) is 13.8 Å². The summed E-state index contributed by atoms with van der Waals surface area (Å²) in [5.41, 5.74) is 6.58. The van der Waals surface area contributed by atoms with E-state index in [-0.39, 0.29) is 17.0 Å². The Morgan fingerprint density at radius 2 is 0.475 bits per heavy atom. The summed E-state index contributed by atoms with van der Waals surface area (Å²) >= 11 is 0. The molecule has 0 saturated carbocycles. The number of hydrogen-bond acceptors (Lipinski definition) is 6. The Morgan fingerprint density at radius 3 is 0.689 bits per heavy atom. The van der Waals surface area contributed by atoms with Crippen molar-refractivity contribution in [3.05, 3.63) is 239 Å². The van der Waals surface area contributed by atoms with E-state index in [2.05, 4.69) is 38.1 Å². The fourth-order valence-electron chi connectivity index (χ4n) is 6.83. The van der Waals surface area contributed by atoms with E-state index in [0.717, 1.165) is 33.8 Å². The van der Waals surface area contributed by atoms with Crippen molar-refractivity contribution in [2.45, 2.75) is 33.1 Å². The molecule has 0 heterocycles. The lowest BCUT2D eigenvalue weighted by Crippen LogP contribution is -2.18. The summed E-state index contributed by atoms with van der Waals surface area (Å²) in [7, 11) is 0. The Labute approximate surface area is 356 Å². The SMILES string of the molecule is Cc1ccc(Oc2ccc(C(=O)c3ccc(Oc4ccc(C(C)(C)c5ccc(Oc6ccc(C(=O)c7ccc(Oc8ccc(C)cc8)cc7)cc6)cc5)cc4)cc3)cc2)cc1. The van der Waals surface area contributed by atoms with Crippen LogP contribution in [0.4, 0.5) is 0 Å². The van der Waals surface area contributed by atoms with Crippen molar-refractivity contribution in [2.24, 2.45) is 0 Å². The highest BCUT2D eigenvalue weighted by Crippen LogP contribution is 2.35. The minimum Gasteiger partial charge on any atom is -0.457 e. The van der Waals surface area contributed by atoms with Crippen LogP contribution in [0.25, 0.3) is 0 Å². The van der Waals surface area contributed by atoms with Crippen molar-refractivity contribution in [3.8, 4) is 46.0 Å². The van der Waals surface area contributed by atoms with Crippen LogP contribution in [0.15, 0.2) is 194 Å². The molecule has 300 valence electrons. The Kier molecular flexibility index (Phi) is 11.6. The van der Waals surface area contributed by atoms with Gasteiger partial charge in [-0.15, -0.1) is 0 Å². The first-order valence-electron chi connectivity index (χ1n) is 20.1. The molecule has 61 heavy (non-hydrogen) atoms. The Morgan fingerprint density at radius 1 is 0.295 bits per heavy atom. The zero-order valence-corrected chi connectivity index (χ0v) is 34.4. The molecule has 8 aromatic rings. The third kappa shape index (κ3) is 9.78. The molecular weight excluding hydrogens is 757 g/mol. The number of carbonyl (C=O) groups is 2. The average Bonchev–Trinajstić information content (AvgIpc) is 3.29. The molecule has 0 bridgehead atoms. The minimum absolute atomic E-state index is 0.0778. The van der Waals surface area contributed by atoms with E-state index in [1.54, 1.807) is 97.1 Å². The standard InChI is InChI=1S/C55H44O6/c1-37-5-21-45(22-6-37)58-47-25-9-39(10-26-47)53(56)41-13-29-49(30-14-41)60-51-33-17-43(18-34-51)55(3,4)44-19-35-52(36-20-44)61-50-31-15-42(16-32-50)54(57)40-11-27-48(28-12-40)59-46-23-7-38(2)8-24-46/h5-36H,1-4H3. The molecule has 0 unspecified atom stereocenters. The first-order valence-corrected chi connectivity index (χ1v) is 20.1. The van der Waals surface area contributed by atoms with Crippen LogP contribution < -0.4 is 18.9 Å². The number of carbonyl (C=O) groups excluding carboxylic acids is 2. The van der Waals surface area contributed by atoms with Gasteiger partial charge in [0.15, 0.2) is 11.6 Å². The van der Waals surface area contributed by atoms with Crippen molar-refractivity contribution >= 4 is 11.6 Å². The maximum absolute atomic E-state index is 13.2. The molecule has 0 amide bonds. The summed E-state index contributed by atoms with van der Waals surface area (Å²) in [4.78, 5) is 26.4. The molecule has 0 saturated heterocycles. The lowest BCUT2D eigenvalue weighted by atomic mass is 9.78. The Hall–Kier alpha value is -7.70. The van der Waals surface area contributed by atoms with E-state index in [4.69, 9.17) is 18.9 Å². The molecule has 0 atom stereocenters. The van der Waals surface area contributed by atoms with Crippen molar-refractivity contribution in [1.82, 2.24) is 0 Å². The molecular formula is C55H44O6. The second kappa shape index (κ2) is 17.7. The van der Waals surface area contributed by atoms with Gasteiger partial charge in [0.05, 0.1) is 0 Å². The van der Waals surface area contributed by atoms with Gasteiger partial charge < -0.3 is 18.9 Å². The molecule has 0 fully saturated rings. The maximum atomic E-state index is 13.2. The summed E-state index contributed by atoms with van der Waals surface area (Å²) in [6.45, 7) is 8.42. The molecule has 0 N–H and O–H groups in total. The zero-order valence-electron chi connectivity index (χ0n) is 34.4. The highest BCUT2D eigenvalue weighted by Gasteiger charge is 2.23. The predicted molar refractivity (Wildman–Crippen MR) is 240 cm³/mol. The van der Waals surface area contributed by atoms with Crippen LogP contribution >= 0.6 is 0 Å². The van der Waals surface area contributed by atoms with Gasteiger partial charge in [0.2, 0.25) is 0 Å². The van der Waals surface area contributed by atoms with Crippen LogP contribution in [0.1, 0.15) is 67.9 Å². The molecule has 0 aliphatic heterocycles. The van der Waals surface area contributed by atoms with Crippen molar-refractivity contribution in [1.29, 1.82) is 0 Å². The highest BCUT2D eigenvalue weighted by atomic mass is 16.5. The van der Waals surface area contributed by atoms with E-state index in [0.29, 0.717) is 56.8 Å². The van der Waals surface area contributed by atoms with Gasteiger partial charge in [0.1, 0.15) is 46.0 Å². The lowest BCUT2D eigenvalue weighted by Gasteiger charge is -2.26. The molecule has 6 nitrogen and oxygen atoms in total. The van der Waals surface area contributed by atoms with E-state index in [9.17, 15) is 9.59 Å². The van der Waals surface area contributed by atoms with Gasteiger partial charge in [-0.1, -0.05) is 73.5 Å². The summed E-state index contributed by atoms with van der Waals surface area (Å²) in [6.07, 6.45) is 0. The van der Waals surface area contributed by atoms with Crippen LogP contribution in [0.5, 0.6) is 46.0 Å². The van der Waals surface area contributed by atoms with Crippen molar-refractivity contribution < 1.29 is 28.5 Å². The summed E-state index contributed by atoms with van der Waals surface area (Å²) in [5.74, 6) is 5.34. The van der Waals surface area contributed by atoms with Gasteiger partial charge in [0, 0.05) is 27.7 Å². The molecule has 0 aliphatic rings. The van der Waals surface area contributed by atoms with Crippen LogP contribution in [0.3, 0.4) is 0 Å². The van der Waals surface area contributed by atoms with Gasteiger partial charge in [-0.05, 0) is 171 Å². The van der Waals surface area contributed by atoms with Crippen LogP contribution in [-0.4, -0.2) is 11.6 Å². The quantitative estimate of drug-likeness (QED) is 0.102. The van der Waals surface area contributed by atoms with Crippen molar-refractivity contribution in [3.63, 3.8) is 0 Å². The second-order valence-electron chi connectivity index (χ2n) is 15.5. The fraction of sp³-hybridized carbons (Fsp3) is 0.0909. The van der Waals surface area contributed by atoms with Crippen LogP contribution in [0.2, 0.25) is 0 Å². The van der Waals surface area contributed by atoms with Gasteiger partial charge in [-0.25, -0.2) is 0 Å². The summed E-state index contributed by atoms with van der Waals surface area (Å²) in [5, 5.41) is 0. The van der Waals surface area contributed by atoms with Gasteiger partial charge >= 0.3 is 0 Å². The van der Waals surface area contributed by atoms with Gasteiger partial charge in [-0.2, -0.15) is 0 Å². The molecule has 0 spiro atoms. The second-order valence-corrected chi connectivity index (χ2v) is 15.5. The zero-order chi connectivity index (χ0) is 42.3. The van der Waals surface area contributed by atoms with E-state index < -0.39 is 0 Å². The molecule has 6 heteroatoms. The smallest absolute Gasteiger partial charge is 0.193 e. The number of hydrogen-bond donors (Lipinski definition) is 0. The number of ketones is 2. The third-order valence-corrected chi connectivity index (χ3v) is 10.6. The Bertz CT molecular complexity index is 2540. The molecule has 0 aliphatic carbocycles. The topological polar surface area (TPSA) is 71.1 Å². The molecule has 8 aromatic carbocycles. The molecule has 8 rings (SSSR count). The van der Waals surface area contributed by atoms with E-state index >= 15 is 0 Å². The maximum Gasteiger partial charge on any atom is 0.193 e. The van der Waals surface area contributed by atoms with Gasteiger partial charge in [-0.3, -0.25) is 9.59 Å². The largest absolute Gasteiger partial charge is 0.457 e. The van der Waals surface area contributed by atoms with Gasteiger partial charge in [0.25, 0.3) is 0 Å². The van der Waals surface area contributed by atoms with E-state index in [1.807, 2.05) is 86.6 Å². The number of benzene rings is 8. The summed E-state index contributed by atoms with van der Waals surface area (Å²) < 4.78 is 24.1. The first kappa shape index (κ1) is 40.1. The third-order valence-electron chi connectivity index (χ3n) is 10.6. The van der Waals surface area contributed by atoms with Crippen molar-refractivity contribution in [2.75, 3.05) is 0 Å². The molecule has 0 radical (unpaired) electrons. The lowest BCUT2D eigenvalue weighted by molar-refractivity contribution is 0.103. The molecule has 0 aromatic heterocycles. The number of rotatable bonds is 14. The predicted octanol–water partition coefficient (Wildman–Crippen LogP) is 14.3. The Balaban J connectivity index is 0.831. The van der Waals surface area contributed by atoms with E-state index in [1.165, 1.54) is 0 Å². The minimum atomic E-state index is -0.295. The summed E-state index contributed by atoms with van der Waals surface area (Å²) in [6, 6.07) is 60.4. The normalized spacial score (nSPS) is 11.1. The fourth-order valence-corrected chi connectivity index (χ4v) is 6.83. The average molecular weight is 801 g/mol. The first-order chi connectivity index (χ1) is 29.6. The van der Waals surface area contributed by atoms with Crippen LogP contribution in [-0.2, 0) is 5.41 Å². The monoisotopic (exact) mass is 800 g/mol. The number of ether oxygens (including phenoxy) is 4.